The van der Waals surface area contributed by atoms with Crippen LogP contribution < -0.4 is 0 Å². The van der Waals surface area contributed by atoms with E-state index >= 15 is 0 Å². The second-order valence-corrected chi connectivity index (χ2v) is 12.3. The molecule has 0 aromatic heterocycles. The molecule has 8 nitrogen and oxygen atoms in total. The van der Waals surface area contributed by atoms with E-state index in [-0.39, 0.29) is 24.5 Å². The van der Waals surface area contributed by atoms with Crippen molar-refractivity contribution in [1.29, 1.82) is 0 Å². The number of benzene rings is 2. The Morgan fingerprint density at radius 1 is 1.15 bits per heavy atom. The molecule has 1 aliphatic heterocycles. The smallest absolute Gasteiger partial charge is 0.418 e. The van der Waals surface area contributed by atoms with E-state index in [9.17, 15) is 23.6 Å². The third-order valence-electron chi connectivity index (χ3n) is 7.50. The van der Waals surface area contributed by atoms with Crippen LogP contribution in [0.25, 0.3) is 0 Å². The van der Waals surface area contributed by atoms with Crippen LogP contribution in [0, 0.1) is 11.7 Å². The van der Waals surface area contributed by atoms with Crippen LogP contribution in [0.1, 0.15) is 56.7 Å². The third kappa shape index (κ3) is 5.31. The Morgan fingerprint density at radius 3 is 2.51 bits per heavy atom. The summed E-state index contributed by atoms with van der Waals surface area (Å²) in [6, 6.07) is 11.0. The van der Waals surface area contributed by atoms with Crippen LogP contribution >= 0.6 is 15.9 Å². The Bertz CT molecular complexity index is 1330. The summed E-state index contributed by atoms with van der Waals surface area (Å²) in [4.78, 5) is 55.0. The lowest BCUT2D eigenvalue weighted by atomic mass is 9.79. The van der Waals surface area contributed by atoms with Crippen molar-refractivity contribution in [3.8, 4) is 0 Å². The lowest BCUT2D eigenvalue weighted by molar-refractivity contribution is -0.167. The summed E-state index contributed by atoms with van der Waals surface area (Å²) in [7, 11) is 0. The molecule has 3 amide bonds. The van der Waals surface area contributed by atoms with Gasteiger partial charge in [-0.05, 0) is 75.4 Å². The van der Waals surface area contributed by atoms with Crippen molar-refractivity contribution in [3.63, 3.8) is 0 Å². The molecule has 1 spiro atoms. The maximum Gasteiger partial charge on any atom is 0.418 e. The molecular formula is C29H30BrFN2O6. The van der Waals surface area contributed by atoms with Crippen molar-refractivity contribution < 1.29 is 33.0 Å². The molecule has 2 fully saturated rings. The maximum atomic E-state index is 13.6. The fraction of sp³-hybridized carbons (Fsp3) is 0.448. The van der Waals surface area contributed by atoms with Crippen molar-refractivity contribution >= 4 is 39.8 Å². The summed E-state index contributed by atoms with van der Waals surface area (Å²) in [6.07, 6.45) is 0.818. The van der Waals surface area contributed by atoms with Crippen LogP contribution in [0.2, 0.25) is 0 Å². The van der Waals surface area contributed by atoms with Gasteiger partial charge in [-0.25, -0.2) is 14.1 Å². The van der Waals surface area contributed by atoms with E-state index in [1.54, 1.807) is 49.9 Å². The van der Waals surface area contributed by atoms with Crippen LogP contribution in [-0.2, 0) is 42.4 Å². The van der Waals surface area contributed by atoms with E-state index in [1.807, 2.05) is 6.07 Å². The number of aryl methyl sites for hydroxylation is 1. The summed E-state index contributed by atoms with van der Waals surface area (Å²) in [5.74, 6) is -2.08. The Hall–Kier alpha value is -3.27. The molecule has 1 saturated heterocycles. The molecule has 1 atom stereocenters. The van der Waals surface area contributed by atoms with Gasteiger partial charge in [-0.15, -0.1) is 0 Å². The van der Waals surface area contributed by atoms with Gasteiger partial charge in [0.25, 0.3) is 5.91 Å². The maximum absolute atomic E-state index is 13.6. The Labute approximate surface area is 234 Å². The number of halogens is 2. The SMILES string of the molecule is CC(C)(C)OC(=O)C1CC(N(Cc2ccc(F)cc2)C(=O)CN2C(=O)O[C@@]3(CCc4cc(Br)ccc43)C2=O)C1. The molecule has 3 aliphatic rings. The van der Waals surface area contributed by atoms with Gasteiger partial charge in [0.15, 0.2) is 0 Å². The molecule has 1 heterocycles. The van der Waals surface area contributed by atoms with Gasteiger partial charge in [0.05, 0.1) is 5.92 Å². The van der Waals surface area contributed by atoms with Gasteiger partial charge in [-0.3, -0.25) is 14.4 Å². The largest absolute Gasteiger partial charge is 0.460 e. The molecule has 2 aromatic carbocycles. The topological polar surface area (TPSA) is 93.2 Å². The Kier molecular flexibility index (Phi) is 7.03. The normalized spacial score (nSPS) is 23.9. The quantitative estimate of drug-likeness (QED) is 0.440. The molecule has 1 saturated carbocycles. The molecule has 10 heteroatoms. The molecule has 2 aliphatic carbocycles. The first-order valence-electron chi connectivity index (χ1n) is 13.0. The van der Waals surface area contributed by atoms with E-state index in [1.165, 1.54) is 12.1 Å². The Balaban J connectivity index is 1.33. The second kappa shape index (κ2) is 10.0. The van der Waals surface area contributed by atoms with Gasteiger partial charge in [0.1, 0.15) is 18.0 Å². The van der Waals surface area contributed by atoms with E-state index < -0.39 is 41.5 Å². The molecule has 0 N–H and O–H groups in total. The number of esters is 1. The third-order valence-corrected chi connectivity index (χ3v) is 7.99. The van der Waals surface area contributed by atoms with Crippen LogP contribution in [0.5, 0.6) is 0 Å². The van der Waals surface area contributed by atoms with Gasteiger partial charge in [0.2, 0.25) is 11.5 Å². The second-order valence-electron chi connectivity index (χ2n) is 11.4. The number of carbonyl (C=O) groups excluding carboxylic acids is 4. The van der Waals surface area contributed by atoms with Crippen molar-refractivity contribution in [2.45, 2.75) is 70.2 Å². The first-order chi connectivity index (χ1) is 18.4. The Morgan fingerprint density at radius 2 is 1.85 bits per heavy atom. The minimum absolute atomic E-state index is 0.143. The van der Waals surface area contributed by atoms with E-state index in [0.717, 1.165) is 14.9 Å². The number of hydrogen-bond donors (Lipinski definition) is 0. The number of nitrogens with zero attached hydrogens (tertiary/aromatic N) is 2. The number of fused-ring (bicyclic) bond motifs is 2. The molecule has 39 heavy (non-hydrogen) atoms. The van der Waals surface area contributed by atoms with Gasteiger partial charge in [0, 0.05) is 29.0 Å². The monoisotopic (exact) mass is 600 g/mol. The molecule has 2 aromatic rings. The zero-order valence-electron chi connectivity index (χ0n) is 22.0. The van der Waals surface area contributed by atoms with Crippen molar-refractivity contribution in [3.05, 3.63) is 69.4 Å². The summed E-state index contributed by atoms with van der Waals surface area (Å²) < 4.78 is 25.5. The summed E-state index contributed by atoms with van der Waals surface area (Å²) >= 11 is 3.43. The predicted molar refractivity (Wildman–Crippen MR) is 142 cm³/mol. The number of rotatable bonds is 6. The standard InChI is InChI=1S/C29H30BrFN2O6/c1-28(2,3)38-25(35)19-13-22(14-19)32(15-17-4-7-21(31)8-5-17)24(34)16-33-26(36)29(39-27(33)37)11-10-18-12-20(30)6-9-23(18)29/h4-9,12,19,22H,10-11,13-16H2,1-3H3/t19?,22?,29-/m1/s1. The van der Waals surface area contributed by atoms with E-state index in [2.05, 4.69) is 15.9 Å². The molecule has 0 unspecified atom stereocenters. The lowest BCUT2D eigenvalue weighted by Gasteiger charge is -2.42. The summed E-state index contributed by atoms with van der Waals surface area (Å²) in [6.45, 7) is 5.05. The van der Waals surface area contributed by atoms with Gasteiger partial charge in [-0.2, -0.15) is 0 Å². The molecule has 206 valence electrons. The number of amides is 3. The molecule has 0 bridgehead atoms. The first-order valence-corrected chi connectivity index (χ1v) is 13.8. The number of imide groups is 1. The predicted octanol–water partition coefficient (Wildman–Crippen LogP) is 4.86. The first kappa shape index (κ1) is 27.3. The van der Waals surface area contributed by atoms with Crippen LogP contribution in [0.15, 0.2) is 46.9 Å². The molecule has 5 rings (SSSR count). The number of hydrogen-bond acceptors (Lipinski definition) is 6. The summed E-state index contributed by atoms with van der Waals surface area (Å²) in [5.41, 5.74) is 0.203. The van der Waals surface area contributed by atoms with Crippen molar-refractivity contribution in [2.24, 2.45) is 5.92 Å². The molecule has 0 radical (unpaired) electrons. The zero-order chi connectivity index (χ0) is 28.1. The summed E-state index contributed by atoms with van der Waals surface area (Å²) in [5, 5.41) is 0. The van der Waals surface area contributed by atoms with Crippen LogP contribution in [0.4, 0.5) is 9.18 Å². The zero-order valence-corrected chi connectivity index (χ0v) is 23.6. The van der Waals surface area contributed by atoms with Crippen LogP contribution in [0.3, 0.4) is 0 Å². The fourth-order valence-corrected chi connectivity index (χ4v) is 5.88. The minimum atomic E-state index is -1.42. The van der Waals surface area contributed by atoms with Crippen LogP contribution in [-0.4, -0.2) is 51.9 Å². The van der Waals surface area contributed by atoms with Gasteiger partial charge in [-0.1, -0.05) is 34.1 Å². The number of carbonyl (C=O) groups is 4. The van der Waals surface area contributed by atoms with Crippen molar-refractivity contribution in [1.82, 2.24) is 9.80 Å². The highest BCUT2D eigenvalue weighted by molar-refractivity contribution is 9.10. The fourth-order valence-electron chi connectivity index (χ4n) is 5.48. The minimum Gasteiger partial charge on any atom is -0.460 e. The van der Waals surface area contributed by atoms with Gasteiger partial charge < -0.3 is 14.4 Å². The highest BCUT2D eigenvalue weighted by Crippen LogP contribution is 2.46. The number of ether oxygens (including phenoxy) is 2. The van der Waals surface area contributed by atoms with E-state index in [4.69, 9.17) is 9.47 Å². The van der Waals surface area contributed by atoms with Gasteiger partial charge >= 0.3 is 12.1 Å². The molecular weight excluding hydrogens is 571 g/mol. The average molecular weight is 601 g/mol. The highest BCUT2D eigenvalue weighted by atomic mass is 79.9. The average Bonchev–Trinajstić information content (AvgIpc) is 3.29. The lowest BCUT2D eigenvalue weighted by Crippen LogP contribution is -2.53. The van der Waals surface area contributed by atoms with Crippen molar-refractivity contribution in [2.75, 3.05) is 6.54 Å². The highest BCUT2D eigenvalue weighted by Gasteiger charge is 2.58. The van der Waals surface area contributed by atoms with E-state index in [0.29, 0.717) is 36.8 Å².